The van der Waals surface area contributed by atoms with Crippen LogP contribution >= 0.6 is 0 Å². The molecule has 4 aliphatic carbocycles. The summed E-state index contributed by atoms with van der Waals surface area (Å²) < 4.78 is 0. The average molecular weight is 151 g/mol. The molecule has 0 aromatic rings. The van der Waals surface area contributed by atoms with E-state index in [0.717, 1.165) is 23.2 Å². The first-order valence-electron chi connectivity index (χ1n) is 5.01. The summed E-state index contributed by atoms with van der Waals surface area (Å²) in [5.74, 6) is 3.41. The molecule has 1 N–H and O–H groups in total. The predicted octanol–water partition coefficient (Wildman–Crippen LogP) is 1.64. The maximum absolute atomic E-state index is 3.39. The highest BCUT2D eigenvalue weighted by atomic mass is 14.9. The molecule has 4 unspecified atom stereocenters. The van der Waals surface area contributed by atoms with Crippen LogP contribution in [0.5, 0.6) is 0 Å². The van der Waals surface area contributed by atoms with Gasteiger partial charge in [0.2, 0.25) is 0 Å². The van der Waals surface area contributed by atoms with E-state index in [2.05, 4.69) is 12.4 Å². The van der Waals surface area contributed by atoms with Gasteiger partial charge in [-0.1, -0.05) is 0 Å². The van der Waals surface area contributed by atoms with Crippen LogP contribution in [0, 0.1) is 23.2 Å². The van der Waals surface area contributed by atoms with Crippen molar-refractivity contribution in [2.75, 3.05) is 13.6 Å². The van der Waals surface area contributed by atoms with E-state index in [1.54, 1.807) is 25.7 Å². The molecule has 4 aliphatic rings. The zero-order valence-electron chi connectivity index (χ0n) is 7.27. The molecular weight excluding hydrogens is 134 g/mol. The number of hydrogen-bond acceptors (Lipinski definition) is 1. The third-order valence-electron chi connectivity index (χ3n) is 4.68. The molecule has 1 heteroatoms. The van der Waals surface area contributed by atoms with Crippen LogP contribution in [0.15, 0.2) is 0 Å². The lowest BCUT2D eigenvalue weighted by molar-refractivity contribution is 0.0460. The monoisotopic (exact) mass is 151 g/mol. The van der Waals surface area contributed by atoms with Crippen molar-refractivity contribution in [3.05, 3.63) is 0 Å². The number of rotatable bonds is 2. The van der Waals surface area contributed by atoms with E-state index in [4.69, 9.17) is 0 Å². The van der Waals surface area contributed by atoms with Crippen LogP contribution in [-0.2, 0) is 0 Å². The van der Waals surface area contributed by atoms with Gasteiger partial charge >= 0.3 is 0 Å². The Morgan fingerprint density at radius 3 is 2.91 bits per heavy atom. The molecule has 0 amide bonds. The molecule has 4 rings (SSSR count). The molecule has 0 saturated heterocycles. The molecule has 62 valence electrons. The van der Waals surface area contributed by atoms with Crippen molar-refractivity contribution in [2.24, 2.45) is 23.2 Å². The largest absolute Gasteiger partial charge is 0.319 e. The summed E-state index contributed by atoms with van der Waals surface area (Å²) in [4.78, 5) is 0. The smallest absolute Gasteiger partial charge is 0.00103 e. The van der Waals surface area contributed by atoms with Gasteiger partial charge in [0, 0.05) is 6.54 Å². The summed E-state index contributed by atoms with van der Waals surface area (Å²) >= 11 is 0. The van der Waals surface area contributed by atoms with E-state index >= 15 is 0 Å². The van der Waals surface area contributed by atoms with Crippen molar-refractivity contribution in [3.63, 3.8) is 0 Å². The minimum atomic E-state index is 0.805. The lowest BCUT2D eigenvalue weighted by Crippen LogP contribution is -2.45. The first-order valence-corrected chi connectivity index (χ1v) is 5.01. The summed E-state index contributed by atoms with van der Waals surface area (Å²) in [6.45, 7) is 1.30. The zero-order valence-corrected chi connectivity index (χ0v) is 7.27. The first kappa shape index (κ1) is 6.47. The van der Waals surface area contributed by atoms with E-state index in [1.165, 1.54) is 6.54 Å². The first-order chi connectivity index (χ1) is 5.37. The summed E-state index contributed by atoms with van der Waals surface area (Å²) in [6.07, 6.45) is 6.23. The molecule has 0 aromatic carbocycles. The van der Waals surface area contributed by atoms with Crippen molar-refractivity contribution >= 4 is 0 Å². The van der Waals surface area contributed by atoms with Crippen LogP contribution in [0.25, 0.3) is 0 Å². The van der Waals surface area contributed by atoms with Crippen molar-refractivity contribution < 1.29 is 0 Å². The molecule has 0 radical (unpaired) electrons. The Labute approximate surface area is 68.6 Å². The Bertz CT molecular complexity index is 181. The number of nitrogens with one attached hydrogen (secondary N) is 1. The molecular formula is C10H17N. The van der Waals surface area contributed by atoms with Gasteiger partial charge in [-0.15, -0.1) is 0 Å². The van der Waals surface area contributed by atoms with E-state index in [0.29, 0.717) is 0 Å². The summed E-state index contributed by atoms with van der Waals surface area (Å²) in [7, 11) is 2.11. The van der Waals surface area contributed by atoms with Crippen molar-refractivity contribution in [2.45, 2.75) is 25.7 Å². The number of hydrogen-bond donors (Lipinski definition) is 1. The molecule has 0 aliphatic heterocycles. The van der Waals surface area contributed by atoms with Crippen molar-refractivity contribution in [3.8, 4) is 0 Å². The van der Waals surface area contributed by atoms with Crippen molar-refractivity contribution in [1.29, 1.82) is 0 Å². The van der Waals surface area contributed by atoms with Gasteiger partial charge in [-0.2, -0.15) is 0 Å². The minimum absolute atomic E-state index is 0.805. The van der Waals surface area contributed by atoms with Gasteiger partial charge in [0.05, 0.1) is 0 Å². The van der Waals surface area contributed by atoms with E-state index in [-0.39, 0.29) is 0 Å². The van der Waals surface area contributed by atoms with Crippen molar-refractivity contribution in [1.82, 2.24) is 5.32 Å². The summed E-state index contributed by atoms with van der Waals surface area (Å²) in [5.41, 5.74) is 0.805. The lowest BCUT2D eigenvalue weighted by Gasteiger charge is -2.45. The Morgan fingerprint density at radius 1 is 1.45 bits per heavy atom. The SMILES string of the molecule is CNCC12CC3CC1CCC32. The van der Waals surface area contributed by atoms with Gasteiger partial charge in [-0.3, -0.25) is 0 Å². The van der Waals surface area contributed by atoms with Gasteiger partial charge in [-0.05, 0) is 55.9 Å². The fraction of sp³-hybridized carbons (Fsp3) is 1.00. The third-order valence-corrected chi connectivity index (χ3v) is 4.68. The van der Waals surface area contributed by atoms with Crippen LogP contribution < -0.4 is 5.32 Å². The molecule has 0 spiro atoms. The average Bonchev–Trinajstić information content (AvgIpc) is 2.50. The minimum Gasteiger partial charge on any atom is -0.319 e. The second-order valence-corrected chi connectivity index (χ2v) is 4.84. The molecule has 4 atom stereocenters. The fourth-order valence-electron chi connectivity index (χ4n) is 4.39. The van der Waals surface area contributed by atoms with Crippen LogP contribution in [0.2, 0.25) is 0 Å². The Kier molecular flexibility index (Phi) is 1.07. The van der Waals surface area contributed by atoms with Crippen LogP contribution in [0.4, 0.5) is 0 Å². The molecule has 4 fully saturated rings. The van der Waals surface area contributed by atoms with Crippen LogP contribution in [0.3, 0.4) is 0 Å². The fourth-order valence-corrected chi connectivity index (χ4v) is 4.39. The Morgan fingerprint density at radius 2 is 2.36 bits per heavy atom. The van der Waals surface area contributed by atoms with Gasteiger partial charge < -0.3 is 5.32 Å². The third kappa shape index (κ3) is 0.547. The quantitative estimate of drug-likeness (QED) is 0.632. The van der Waals surface area contributed by atoms with E-state index < -0.39 is 0 Å². The normalized spacial score (nSPS) is 58.1. The highest BCUT2D eigenvalue weighted by Gasteiger charge is 2.66. The van der Waals surface area contributed by atoms with E-state index in [9.17, 15) is 0 Å². The molecule has 1 nitrogen and oxygen atoms in total. The predicted molar refractivity (Wildman–Crippen MR) is 45.3 cm³/mol. The highest BCUT2D eigenvalue weighted by Crippen LogP contribution is 2.72. The maximum atomic E-state index is 3.39. The van der Waals surface area contributed by atoms with Gasteiger partial charge in [0.1, 0.15) is 0 Å². The Hall–Kier alpha value is -0.0400. The zero-order chi connectivity index (χ0) is 7.47. The van der Waals surface area contributed by atoms with Crippen LogP contribution in [0.1, 0.15) is 25.7 Å². The van der Waals surface area contributed by atoms with E-state index in [1.807, 2.05) is 0 Å². The second-order valence-electron chi connectivity index (χ2n) is 4.84. The lowest BCUT2D eigenvalue weighted by atomic mass is 9.61. The van der Waals surface area contributed by atoms with Gasteiger partial charge in [0.15, 0.2) is 0 Å². The maximum Gasteiger partial charge on any atom is 0.00103 e. The molecule has 11 heavy (non-hydrogen) atoms. The standard InChI is InChI=1S/C10H17N/c1-11-6-10-5-7-4-8(10)2-3-9(7)10/h7-9,11H,2-6H2,1H3. The highest BCUT2D eigenvalue weighted by molar-refractivity contribution is 5.16. The molecule has 0 aromatic heterocycles. The second kappa shape index (κ2) is 1.82. The molecule has 4 saturated carbocycles. The molecule has 0 heterocycles. The molecule has 4 bridgehead atoms. The Balaban J connectivity index is 1.89. The topological polar surface area (TPSA) is 12.0 Å². The van der Waals surface area contributed by atoms with Crippen LogP contribution in [-0.4, -0.2) is 13.6 Å². The summed E-state index contributed by atoms with van der Waals surface area (Å²) in [5, 5.41) is 3.39. The van der Waals surface area contributed by atoms with Gasteiger partial charge in [-0.25, -0.2) is 0 Å². The van der Waals surface area contributed by atoms with Gasteiger partial charge in [0.25, 0.3) is 0 Å². The summed E-state index contributed by atoms with van der Waals surface area (Å²) in [6, 6.07) is 0.